The van der Waals surface area contributed by atoms with Crippen LogP contribution in [0.4, 0.5) is 0 Å². The third-order valence-electron chi connectivity index (χ3n) is 2.33. The summed E-state index contributed by atoms with van der Waals surface area (Å²) < 4.78 is 4.45. The number of carbonyl (C=O) groups is 2. The smallest absolute Gasteiger partial charge is 0.317 e. The quantitative estimate of drug-likeness (QED) is 0.590. The molecule has 1 heterocycles. The van der Waals surface area contributed by atoms with Crippen LogP contribution in [0.15, 0.2) is 24.4 Å². The molecule has 0 bridgehead atoms. The van der Waals surface area contributed by atoms with E-state index in [0.717, 1.165) is 0 Å². The van der Waals surface area contributed by atoms with Gasteiger partial charge in [-0.1, -0.05) is 6.07 Å². The standard InChI is InChI=1S/C13H9N3O3/c1-8(17)19-13(18)5-9-2-3-11-12(4-9)15-7-10(6-14)16-11/h2-4,7H,5H2,1H3. The third-order valence-corrected chi connectivity index (χ3v) is 2.33. The van der Waals surface area contributed by atoms with Gasteiger partial charge in [0.05, 0.1) is 23.7 Å². The van der Waals surface area contributed by atoms with E-state index in [-0.39, 0.29) is 12.1 Å². The lowest BCUT2D eigenvalue weighted by Crippen LogP contribution is -2.11. The van der Waals surface area contributed by atoms with Crippen LogP contribution in [-0.2, 0) is 20.7 Å². The molecule has 0 unspecified atom stereocenters. The summed E-state index contributed by atoms with van der Waals surface area (Å²) in [4.78, 5) is 30.1. The number of nitrogens with zero attached hydrogens (tertiary/aromatic N) is 3. The average Bonchev–Trinajstić information content (AvgIpc) is 2.37. The molecule has 0 atom stereocenters. The van der Waals surface area contributed by atoms with E-state index in [1.807, 2.05) is 6.07 Å². The molecule has 0 aliphatic rings. The normalized spacial score (nSPS) is 9.89. The van der Waals surface area contributed by atoms with E-state index in [2.05, 4.69) is 14.7 Å². The minimum Gasteiger partial charge on any atom is -0.393 e. The molecule has 6 nitrogen and oxygen atoms in total. The van der Waals surface area contributed by atoms with Gasteiger partial charge in [-0.05, 0) is 17.7 Å². The first-order valence-corrected chi connectivity index (χ1v) is 5.45. The maximum atomic E-state index is 11.3. The SMILES string of the molecule is CC(=O)OC(=O)Cc1ccc2nc(C#N)cnc2c1. The highest BCUT2D eigenvalue weighted by Crippen LogP contribution is 2.13. The van der Waals surface area contributed by atoms with Gasteiger partial charge in [-0.3, -0.25) is 14.6 Å². The molecule has 1 aromatic carbocycles. The second-order valence-electron chi connectivity index (χ2n) is 3.83. The van der Waals surface area contributed by atoms with E-state index in [0.29, 0.717) is 16.6 Å². The number of hydrogen-bond donors (Lipinski definition) is 0. The molecule has 1 aromatic heterocycles. The van der Waals surface area contributed by atoms with Crippen LogP contribution in [-0.4, -0.2) is 21.9 Å². The van der Waals surface area contributed by atoms with Crippen molar-refractivity contribution in [3.63, 3.8) is 0 Å². The van der Waals surface area contributed by atoms with E-state index in [4.69, 9.17) is 5.26 Å². The van der Waals surface area contributed by atoms with E-state index in [1.54, 1.807) is 18.2 Å². The van der Waals surface area contributed by atoms with Gasteiger partial charge < -0.3 is 4.74 Å². The van der Waals surface area contributed by atoms with Crippen LogP contribution in [0.2, 0.25) is 0 Å². The summed E-state index contributed by atoms with van der Waals surface area (Å²) >= 11 is 0. The van der Waals surface area contributed by atoms with Crippen LogP contribution in [0.5, 0.6) is 0 Å². The first kappa shape index (κ1) is 12.6. The Hall–Kier alpha value is -2.81. The number of benzene rings is 1. The number of ether oxygens (including phenoxy) is 1. The molecule has 0 saturated heterocycles. The Labute approximate surface area is 108 Å². The molecular formula is C13H9N3O3. The third kappa shape index (κ3) is 3.10. The van der Waals surface area contributed by atoms with Gasteiger partial charge in [-0.25, -0.2) is 4.98 Å². The van der Waals surface area contributed by atoms with Gasteiger partial charge in [0.1, 0.15) is 6.07 Å². The van der Waals surface area contributed by atoms with Crippen molar-refractivity contribution in [2.24, 2.45) is 0 Å². The molecule has 0 amide bonds. The van der Waals surface area contributed by atoms with Crippen LogP contribution >= 0.6 is 0 Å². The first-order chi connectivity index (χ1) is 9.08. The number of esters is 2. The zero-order valence-corrected chi connectivity index (χ0v) is 10.1. The highest BCUT2D eigenvalue weighted by Gasteiger charge is 2.09. The lowest BCUT2D eigenvalue weighted by atomic mass is 10.1. The number of hydrogen-bond acceptors (Lipinski definition) is 6. The van der Waals surface area contributed by atoms with Crippen LogP contribution < -0.4 is 0 Å². The van der Waals surface area contributed by atoms with Crippen molar-refractivity contribution >= 4 is 23.0 Å². The summed E-state index contributed by atoms with van der Waals surface area (Å²) in [7, 11) is 0. The molecule has 2 aromatic rings. The predicted octanol–water partition coefficient (Wildman–Crippen LogP) is 1.13. The summed E-state index contributed by atoms with van der Waals surface area (Å²) in [5.74, 6) is -1.25. The van der Waals surface area contributed by atoms with Crippen molar-refractivity contribution < 1.29 is 14.3 Å². The molecule has 0 aliphatic carbocycles. The average molecular weight is 255 g/mol. The van der Waals surface area contributed by atoms with Crippen molar-refractivity contribution in [1.29, 1.82) is 5.26 Å². The molecular weight excluding hydrogens is 246 g/mol. The molecule has 2 rings (SSSR count). The Morgan fingerprint density at radius 1 is 1.37 bits per heavy atom. The van der Waals surface area contributed by atoms with Crippen LogP contribution in [0, 0.1) is 11.3 Å². The minimum absolute atomic E-state index is 0.0167. The molecule has 19 heavy (non-hydrogen) atoms. The Morgan fingerprint density at radius 2 is 2.16 bits per heavy atom. The number of carbonyl (C=O) groups excluding carboxylic acids is 2. The van der Waals surface area contributed by atoms with Crippen molar-refractivity contribution in [2.75, 3.05) is 0 Å². The van der Waals surface area contributed by atoms with Crippen molar-refractivity contribution in [1.82, 2.24) is 9.97 Å². The molecule has 6 heteroatoms. The van der Waals surface area contributed by atoms with E-state index < -0.39 is 11.9 Å². The van der Waals surface area contributed by atoms with Crippen molar-refractivity contribution in [3.05, 3.63) is 35.7 Å². The van der Waals surface area contributed by atoms with Gasteiger partial charge in [-0.15, -0.1) is 0 Å². The highest BCUT2D eigenvalue weighted by atomic mass is 16.6. The van der Waals surface area contributed by atoms with Crippen LogP contribution in [0.25, 0.3) is 11.0 Å². The first-order valence-electron chi connectivity index (χ1n) is 5.45. The lowest BCUT2D eigenvalue weighted by molar-refractivity contribution is -0.157. The Bertz CT molecular complexity index is 704. The number of aromatic nitrogens is 2. The van der Waals surface area contributed by atoms with Crippen molar-refractivity contribution in [2.45, 2.75) is 13.3 Å². The monoisotopic (exact) mass is 255 g/mol. The molecule has 0 saturated carbocycles. The molecule has 0 fully saturated rings. The van der Waals surface area contributed by atoms with Gasteiger partial charge >= 0.3 is 11.9 Å². The number of fused-ring (bicyclic) bond motifs is 1. The Morgan fingerprint density at radius 3 is 2.84 bits per heavy atom. The summed E-state index contributed by atoms with van der Waals surface area (Å²) in [5, 5.41) is 8.71. The Kier molecular flexibility index (Phi) is 3.48. The number of nitriles is 1. The summed E-state index contributed by atoms with van der Waals surface area (Å²) in [6, 6.07) is 6.92. The zero-order chi connectivity index (χ0) is 13.8. The largest absolute Gasteiger partial charge is 0.393 e. The summed E-state index contributed by atoms with van der Waals surface area (Å²) in [5.41, 5.74) is 2.05. The maximum Gasteiger partial charge on any atom is 0.317 e. The topological polar surface area (TPSA) is 92.9 Å². The molecule has 0 aliphatic heterocycles. The van der Waals surface area contributed by atoms with Crippen LogP contribution in [0.1, 0.15) is 18.2 Å². The highest BCUT2D eigenvalue weighted by molar-refractivity contribution is 5.86. The molecule has 94 valence electrons. The molecule has 0 N–H and O–H groups in total. The lowest BCUT2D eigenvalue weighted by Gasteiger charge is -2.02. The molecule has 0 spiro atoms. The van der Waals surface area contributed by atoms with Gasteiger partial charge in [0.25, 0.3) is 0 Å². The Balaban J connectivity index is 2.25. The fourth-order valence-corrected chi connectivity index (χ4v) is 1.58. The maximum absolute atomic E-state index is 11.3. The van der Waals surface area contributed by atoms with Gasteiger partial charge in [0, 0.05) is 6.92 Å². The minimum atomic E-state index is -0.635. The second-order valence-corrected chi connectivity index (χ2v) is 3.83. The fourth-order valence-electron chi connectivity index (χ4n) is 1.58. The summed E-state index contributed by atoms with van der Waals surface area (Å²) in [6.45, 7) is 1.17. The van der Waals surface area contributed by atoms with E-state index in [9.17, 15) is 9.59 Å². The number of rotatable bonds is 2. The fraction of sp³-hybridized carbons (Fsp3) is 0.154. The zero-order valence-electron chi connectivity index (χ0n) is 10.1. The summed E-state index contributed by atoms with van der Waals surface area (Å²) in [6.07, 6.45) is 1.34. The van der Waals surface area contributed by atoms with Gasteiger partial charge in [-0.2, -0.15) is 5.26 Å². The molecule has 0 radical (unpaired) electrons. The van der Waals surface area contributed by atoms with Crippen LogP contribution in [0.3, 0.4) is 0 Å². The van der Waals surface area contributed by atoms with E-state index in [1.165, 1.54) is 13.1 Å². The van der Waals surface area contributed by atoms with Crippen molar-refractivity contribution in [3.8, 4) is 6.07 Å². The van der Waals surface area contributed by atoms with Gasteiger partial charge in [0.2, 0.25) is 0 Å². The predicted molar refractivity (Wildman–Crippen MR) is 64.7 cm³/mol. The van der Waals surface area contributed by atoms with Gasteiger partial charge in [0.15, 0.2) is 5.69 Å². The van der Waals surface area contributed by atoms with E-state index >= 15 is 0 Å². The second kappa shape index (κ2) is 5.23.